The van der Waals surface area contributed by atoms with Crippen LogP contribution in [0.3, 0.4) is 0 Å². The second-order valence-corrected chi connectivity index (χ2v) is 7.37. The van der Waals surface area contributed by atoms with E-state index in [1.807, 2.05) is 18.2 Å². The van der Waals surface area contributed by atoms with E-state index in [9.17, 15) is 12.8 Å². The van der Waals surface area contributed by atoms with Crippen LogP contribution in [0.5, 0.6) is 5.75 Å². The van der Waals surface area contributed by atoms with Crippen LogP contribution in [0.4, 0.5) is 4.39 Å². The minimum Gasteiger partial charge on any atom is -0.494 e. The zero-order valence-electron chi connectivity index (χ0n) is 14.3. The van der Waals surface area contributed by atoms with Crippen molar-refractivity contribution < 1.29 is 17.5 Å². The van der Waals surface area contributed by atoms with Crippen LogP contribution >= 0.6 is 0 Å². The number of aryl methyl sites for hydroxylation is 1. The van der Waals surface area contributed by atoms with Gasteiger partial charge in [0.2, 0.25) is 10.0 Å². The molecule has 1 atom stereocenters. The summed E-state index contributed by atoms with van der Waals surface area (Å²) in [4.78, 5) is 4.07. The molecule has 26 heavy (non-hydrogen) atoms. The second kappa shape index (κ2) is 7.27. The van der Waals surface area contributed by atoms with E-state index in [0.717, 1.165) is 11.6 Å². The first-order chi connectivity index (χ1) is 12.4. The molecule has 3 rings (SSSR count). The molecule has 1 unspecified atom stereocenters. The van der Waals surface area contributed by atoms with E-state index in [4.69, 9.17) is 4.74 Å². The first-order valence-corrected chi connectivity index (χ1v) is 9.29. The third-order valence-corrected chi connectivity index (χ3v) is 5.38. The van der Waals surface area contributed by atoms with Gasteiger partial charge in [0, 0.05) is 19.4 Å². The van der Waals surface area contributed by atoms with E-state index < -0.39 is 21.9 Å². The lowest BCUT2D eigenvalue weighted by Crippen LogP contribution is -2.31. The van der Waals surface area contributed by atoms with Gasteiger partial charge in [-0.1, -0.05) is 30.3 Å². The number of rotatable bonds is 6. The lowest BCUT2D eigenvalue weighted by Gasteiger charge is -2.19. The Morgan fingerprint density at radius 3 is 2.50 bits per heavy atom. The molecule has 0 radical (unpaired) electrons. The van der Waals surface area contributed by atoms with Gasteiger partial charge in [-0.3, -0.25) is 0 Å². The van der Waals surface area contributed by atoms with Crippen LogP contribution in [0.2, 0.25) is 0 Å². The summed E-state index contributed by atoms with van der Waals surface area (Å²) in [6.45, 7) is 0. The smallest absolute Gasteiger partial charge is 0.241 e. The van der Waals surface area contributed by atoms with Crippen molar-refractivity contribution in [1.82, 2.24) is 14.3 Å². The Hall–Kier alpha value is -2.71. The average molecular weight is 375 g/mol. The van der Waals surface area contributed by atoms with Gasteiger partial charge in [0.1, 0.15) is 11.9 Å². The summed E-state index contributed by atoms with van der Waals surface area (Å²) in [5.41, 5.74) is 0.722. The molecule has 0 aliphatic carbocycles. The highest BCUT2D eigenvalue weighted by Gasteiger charge is 2.26. The normalized spacial score (nSPS) is 12.7. The lowest BCUT2D eigenvalue weighted by atomic mass is 10.1. The number of hydrogen-bond donors (Lipinski definition) is 1. The van der Waals surface area contributed by atoms with Gasteiger partial charge >= 0.3 is 0 Å². The number of ether oxygens (including phenoxy) is 1. The highest BCUT2D eigenvalue weighted by Crippen LogP contribution is 2.25. The monoisotopic (exact) mass is 375 g/mol. The van der Waals surface area contributed by atoms with Crippen molar-refractivity contribution >= 4 is 10.0 Å². The summed E-state index contributed by atoms with van der Waals surface area (Å²) < 4.78 is 48.8. The first kappa shape index (κ1) is 18.1. The largest absolute Gasteiger partial charge is 0.494 e. The molecule has 3 aromatic rings. The topological polar surface area (TPSA) is 73.2 Å². The molecule has 0 aliphatic heterocycles. The van der Waals surface area contributed by atoms with Crippen molar-refractivity contribution in [2.45, 2.75) is 10.9 Å². The molecule has 0 spiro atoms. The fraction of sp³-hybridized carbons (Fsp3) is 0.167. The van der Waals surface area contributed by atoms with Gasteiger partial charge in [0.15, 0.2) is 11.6 Å². The predicted molar refractivity (Wildman–Crippen MR) is 94.8 cm³/mol. The van der Waals surface area contributed by atoms with Crippen LogP contribution in [0.15, 0.2) is 65.8 Å². The Labute approximate surface area is 151 Å². The molecule has 0 bridgehead atoms. The van der Waals surface area contributed by atoms with E-state index in [-0.39, 0.29) is 10.6 Å². The third-order valence-electron chi connectivity index (χ3n) is 3.96. The Bertz CT molecular complexity index is 1000. The zero-order chi connectivity index (χ0) is 18.7. The summed E-state index contributed by atoms with van der Waals surface area (Å²) in [6.07, 6.45) is 3.32. The lowest BCUT2D eigenvalue weighted by molar-refractivity contribution is 0.385. The molecular weight excluding hydrogens is 357 g/mol. The number of hydrogen-bond acceptors (Lipinski definition) is 4. The van der Waals surface area contributed by atoms with Crippen LogP contribution in [0.1, 0.15) is 17.4 Å². The number of halogens is 1. The molecule has 1 aromatic heterocycles. The summed E-state index contributed by atoms with van der Waals surface area (Å²) in [7, 11) is -0.903. The van der Waals surface area contributed by atoms with Gasteiger partial charge in [-0.05, 0) is 23.8 Å². The summed E-state index contributed by atoms with van der Waals surface area (Å²) >= 11 is 0. The third kappa shape index (κ3) is 3.61. The molecule has 2 aromatic carbocycles. The molecule has 6 nitrogen and oxygen atoms in total. The van der Waals surface area contributed by atoms with E-state index in [0.29, 0.717) is 5.82 Å². The quantitative estimate of drug-likeness (QED) is 0.719. The maximum Gasteiger partial charge on any atom is 0.241 e. The van der Waals surface area contributed by atoms with Gasteiger partial charge < -0.3 is 9.30 Å². The van der Waals surface area contributed by atoms with Crippen LogP contribution in [-0.2, 0) is 17.1 Å². The zero-order valence-corrected chi connectivity index (χ0v) is 15.1. The van der Waals surface area contributed by atoms with E-state index in [2.05, 4.69) is 9.71 Å². The fourth-order valence-electron chi connectivity index (χ4n) is 2.61. The van der Waals surface area contributed by atoms with Crippen LogP contribution in [0, 0.1) is 5.82 Å². The molecule has 8 heteroatoms. The van der Waals surface area contributed by atoms with Gasteiger partial charge in [0.25, 0.3) is 0 Å². The molecule has 0 saturated carbocycles. The Balaban J connectivity index is 2.01. The standard InChI is InChI=1S/C18H18FN3O3S/c1-22-11-10-20-18(22)17(13-6-4-3-5-7-13)21-26(23,24)14-8-9-16(25-2)15(19)12-14/h3-12,17,21H,1-2H3. The van der Waals surface area contributed by atoms with E-state index >= 15 is 0 Å². The van der Waals surface area contributed by atoms with Crippen molar-refractivity contribution in [3.05, 3.63) is 78.1 Å². The number of nitrogens with zero attached hydrogens (tertiary/aromatic N) is 2. The van der Waals surface area contributed by atoms with Crippen molar-refractivity contribution in [2.75, 3.05) is 7.11 Å². The highest BCUT2D eigenvalue weighted by atomic mass is 32.2. The fourth-order valence-corrected chi connectivity index (χ4v) is 3.80. The second-order valence-electron chi connectivity index (χ2n) is 5.66. The van der Waals surface area contributed by atoms with Gasteiger partial charge in [-0.15, -0.1) is 0 Å². The summed E-state index contributed by atoms with van der Waals surface area (Å²) in [5, 5.41) is 0. The highest BCUT2D eigenvalue weighted by molar-refractivity contribution is 7.89. The SMILES string of the molecule is COc1ccc(S(=O)(=O)NC(c2ccccc2)c2nccn2C)cc1F. The number of benzene rings is 2. The molecule has 1 N–H and O–H groups in total. The van der Waals surface area contributed by atoms with Crippen LogP contribution < -0.4 is 9.46 Å². The Morgan fingerprint density at radius 2 is 1.92 bits per heavy atom. The minimum absolute atomic E-state index is 0.0207. The van der Waals surface area contributed by atoms with E-state index in [1.54, 1.807) is 36.1 Å². The first-order valence-electron chi connectivity index (χ1n) is 7.80. The number of aromatic nitrogens is 2. The summed E-state index contributed by atoms with van der Waals surface area (Å²) in [5.74, 6) is -0.245. The predicted octanol–water partition coefficient (Wildman–Crippen LogP) is 2.64. The maximum atomic E-state index is 13.9. The molecule has 0 saturated heterocycles. The molecule has 136 valence electrons. The van der Waals surface area contributed by atoms with Crippen molar-refractivity contribution in [1.29, 1.82) is 0 Å². The molecule has 0 fully saturated rings. The molecule has 1 heterocycles. The molecular formula is C18H18FN3O3S. The van der Waals surface area contributed by atoms with Gasteiger partial charge in [-0.25, -0.2) is 17.8 Å². The van der Waals surface area contributed by atoms with Crippen LogP contribution in [0.25, 0.3) is 0 Å². The number of nitrogens with one attached hydrogen (secondary N) is 1. The Morgan fingerprint density at radius 1 is 1.19 bits per heavy atom. The van der Waals surface area contributed by atoms with Crippen molar-refractivity contribution in [3.63, 3.8) is 0 Å². The van der Waals surface area contributed by atoms with Crippen molar-refractivity contribution in [3.8, 4) is 5.75 Å². The average Bonchev–Trinajstić information content (AvgIpc) is 3.06. The van der Waals surface area contributed by atoms with E-state index in [1.165, 1.54) is 19.2 Å². The van der Waals surface area contributed by atoms with Gasteiger partial charge in [-0.2, -0.15) is 4.72 Å². The molecule has 0 amide bonds. The van der Waals surface area contributed by atoms with Gasteiger partial charge in [0.05, 0.1) is 12.0 Å². The van der Waals surface area contributed by atoms with Crippen molar-refractivity contribution in [2.24, 2.45) is 7.05 Å². The number of imidazole rings is 1. The maximum absolute atomic E-state index is 13.9. The van der Waals surface area contributed by atoms with Crippen LogP contribution in [-0.4, -0.2) is 25.1 Å². The minimum atomic E-state index is -4.00. The number of methoxy groups -OCH3 is 1. The number of sulfonamides is 1. The molecule has 0 aliphatic rings. The Kier molecular flexibility index (Phi) is 5.06. The summed E-state index contributed by atoms with van der Waals surface area (Å²) in [6, 6.07) is 11.9.